The molecule has 0 bridgehead atoms. The molecule has 0 aliphatic heterocycles. The maximum absolute atomic E-state index is 4.98. The SMILES string of the molecule is c1ccc(-c2nc(-c3ccc(-c4ccc(-c5cc(-c6ccccn6)nc(-c6ccccn6)c5)cc4)cc3)nc(-c3ccc4ccccc4c3)n2)cc1. The van der Waals surface area contributed by atoms with Gasteiger partial charge in [0, 0.05) is 29.1 Å². The summed E-state index contributed by atoms with van der Waals surface area (Å²) in [6.07, 6.45) is 3.58. The van der Waals surface area contributed by atoms with Crippen molar-refractivity contribution in [2.45, 2.75) is 0 Å². The Morgan fingerprint density at radius 3 is 1.25 bits per heavy atom. The number of nitrogens with zero attached hydrogens (tertiary/aromatic N) is 6. The van der Waals surface area contributed by atoms with Gasteiger partial charge in [0.05, 0.1) is 22.8 Å². The fourth-order valence-corrected chi connectivity index (χ4v) is 6.33. The average Bonchev–Trinajstić information content (AvgIpc) is 3.24. The van der Waals surface area contributed by atoms with Gasteiger partial charge in [-0.05, 0) is 75.5 Å². The Morgan fingerprint density at radius 2 is 0.692 bits per heavy atom. The minimum atomic E-state index is 0.629. The zero-order chi connectivity index (χ0) is 34.7. The predicted molar refractivity (Wildman–Crippen MR) is 209 cm³/mol. The van der Waals surface area contributed by atoms with E-state index in [0.717, 1.165) is 67.1 Å². The van der Waals surface area contributed by atoms with Crippen LogP contribution in [0.15, 0.2) is 182 Å². The molecule has 9 rings (SSSR count). The second-order valence-corrected chi connectivity index (χ2v) is 12.4. The topological polar surface area (TPSA) is 77.3 Å². The first-order chi connectivity index (χ1) is 25.7. The summed E-state index contributed by atoms with van der Waals surface area (Å²) in [5.74, 6) is 1.91. The van der Waals surface area contributed by atoms with Crippen LogP contribution in [0.3, 0.4) is 0 Å². The summed E-state index contributed by atoms with van der Waals surface area (Å²) in [6, 6.07) is 57.6. The molecule has 0 N–H and O–H groups in total. The van der Waals surface area contributed by atoms with Gasteiger partial charge in [0.25, 0.3) is 0 Å². The van der Waals surface area contributed by atoms with Gasteiger partial charge in [0.2, 0.25) is 0 Å². The smallest absolute Gasteiger partial charge is 0.164 e. The number of benzene rings is 5. The van der Waals surface area contributed by atoms with E-state index in [1.807, 2.05) is 72.8 Å². The van der Waals surface area contributed by atoms with Crippen LogP contribution in [0.2, 0.25) is 0 Å². The van der Waals surface area contributed by atoms with Crippen LogP contribution in [-0.2, 0) is 0 Å². The highest BCUT2D eigenvalue weighted by atomic mass is 15.0. The van der Waals surface area contributed by atoms with E-state index in [9.17, 15) is 0 Å². The third-order valence-electron chi connectivity index (χ3n) is 9.05. The number of aromatic nitrogens is 6. The van der Waals surface area contributed by atoms with Crippen LogP contribution in [0.5, 0.6) is 0 Å². The maximum atomic E-state index is 4.98. The fraction of sp³-hybridized carbons (Fsp3) is 0. The van der Waals surface area contributed by atoms with E-state index < -0.39 is 0 Å². The highest BCUT2D eigenvalue weighted by molar-refractivity contribution is 5.87. The van der Waals surface area contributed by atoms with Crippen LogP contribution in [0, 0.1) is 0 Å². The lowest BCUT2D eigenvalue weighted by molar-refractivity contribution is 1.07. The van der Waals surface area contributed by atoms with Crippen molar-refractivity contribution >= 4 is 10.8 Å². The monoisotopic (exact) mass is 666 g/mol. The predicted octanol–water partition coefficient (Wildman–Crippen LogP) is 10.9. The summed E-state index contributed by atoms with van der Waals surface area (Å²) < 4.78 is 0. The van der Waals surface area contributed by atoms with Crippen molar-refractivity contribution in [3.63, 3.8) is 0 Å². The Labute approximate surface area is 301 Å². The Balaban J connectivity index is 1.04. The molecule has 244 valence electrons. The molecule has 6 nitrogen and oxygen atoms in total. The first-order valence-corrected chi connectivity index (χ1v) is 17.1. The molecule has 0 saturated carbocycles. The van der Waals surface area contributed by atoms with E-state index in [1.54, 1.807) is 12.4 Å². The molecule has 52 heavy (non-hydrogen) atoms. The van der Waals surface area contributed by atoms with Gasteiger partial charge in [0.1, 0.15) is 0 Å². The molecule has 5 aromatic carbocycles. The van der Waals surface area contributed by atoms with Crippen LogP contribution in [-0.4, -0.2) is 29.9 Å². The van der Waals surface area contributed by atoms with Crippen LogP contribution in [0.25, 0.3) is 90.0 Å². The zero-order valence-electron chi connectivity index (χ0n) is 28.0. The van der Waals surface area contributed by atoms with Crippen molar-refractivity contribution in [3.05, 3.63) is 182 Å². The Kier molecular flexibility index (Phi) is 8.08. The second-order valence-electron chi connectivity index (χ2n) is 12.4. The van der Waals surface area contributed by atoms with Gasteiger partial charge in [-0.2, -0.15) is 0 Å². The minimum Gasteiger partial charge on any atom is -0.255 e. The van der Waals surface area contributed by atoms with E-state index in [2.05, 4.69) is 107 Å². The average molecular weight is 667 g/mol. The quantitative estimate of drug-likeness (QED) is 0.168. The number of fused-ring (bicyclic) bond motifs is 1. The first kappa shape index (κ1) is 30.8. The second kappa shape index (κ2) is 13.6. The molecule has 0 amide bonds. The van der Waals surface area contributed by atoms with Gasteiger partial charge in [-0.3, -0.25) is 9.97 Å². The van der Waals surface area contributed by atoms with Crippen molar-refractivity contribution in [2.24, 2.45) is 0 Å². The minimum absolute atomic E-state index is 0.629. The summed E-state index contributed by atoms with van der Waals surface area (Å²) in [6.45, 7) is 0. The van der Waals surface area contributed by atoms with Crippen LogP contribution < -0.4 is 0 Å². The highest BCUT2D eigenvalue weighted by Crippen LogP contribution is 2.32. The summed E-state index contributed by atoms with van der Waals surface area (Å²) in [4.78, 5) is 28.9. The highest BCUT2D eigenvalue weighted by Gasteiger charge is 2.14. The van der Waals surface area contributed by atoms with Crippen molar-refractivity contribution in [1.29, 1.82) is 0 Å². The van der Waals surface area contributed by atoms with E-state index in [0.29, 0.717) is 17.5 Å². The van der Waals surface area contributed by atoms with Gasteiger partial charge in [0.15, 0.2) is 17.5 Å². The molecule has 0 radical (unpaired) electrons. The van der Waals surface area contributed by atoms with Crippen molar-refractivity contribution < 1.29 is 0 Å². The third-order valence-corrected chi connectivity index (χ3v) is 9.05. The molecule has 0 saturated heterocycles. The molecule has 4 heterocycles. The van der Waals surface area contributed by atoms with Gasteiger partial charge < -0.3 is 0 Å². The van der Waals surface area contributed by atoms with Crippen molar-refractivity contribution in [1.82, 2.24) is 29.9 Å². The largest absolute Gasteiger partial charge is 0.255 e. The van der Waals surface area contributed by atoms with Gasteiger partial charge >= 0.3 is 0 Å². The Morgan fingerprint density at radius 1 is 0.250 bits per heavy atom. The van der Waals surface area contributed by atoms with Crippen LogP contribution in [0.1, 0.15) is 0 Å². The van der Waals surface area contributed by atoms with Gasteiger partial charge in [-0.1, -0.05) is 127 Å². The summed E-state index contributed by atoms with van der Waals surface area (Å²) in [5.41, 5.74) is 10.4. The Hall–Kier alpha value is -7.18. The number of rotatable bonds is 7. The summed E-state index contributed by atoms with van der Waals surface area (Å²) in [7, 11) is 0. The molecular formula is C46H30N6. The standard InChI is InChI=1S/C46H30N6/c1-2-11-35(12-3-1)44-50-45(52-46(51-44)38-25-22-31-10-4-5-13-37(31)28-38)36-23-20-33(21-24-36)32-16-18-34(19-17-32)39-29-42(40-14-6-8-26-47-40)49-43(30-39)41-15-7-9-27-48-41/h1-30H. The van der Waals surface area contributed by atoms with Gasteiger partial charge in [-0.25, -0.2) is 19.9 Å². The number of hydrogen-bond donors (Lipinski definition) is 0. The normalized spacial score (nSPS) is 11.1. The van der Waals surface area contributed by atoms with Gasteiger partial charge in [-0.15, -0.1) is 0 Å². The number of pyridine rings is 3. The Bertz CT molecular complexity index is 2590. The molecule has 0 unspecified atom stereocenters. The fourth-order valence-electron chi connectivity index (χ4n) is 6.33. The maximum Gasteiger partial charge on any atom is 0.164 e. The molecule has 4 aromatic heterocycles. The lowest BCUT2D eigenvalue weighted by atomic mass is 9.98. The molecular weight excluding hydrogens is 637 g/mol. The van der Waals surface area contributed by atoms with Crippen molar-refractivity contribution in [3.8, 4) is 79.2 Å². The molecule has 0 fully saturated rings. The zero-order valence-corrected chi connectivity index (χ0v) is 28.0. The van der Waals surface area contributed by atoms with Crippen LogP contribution in [0.4, 0.5) is 0 Å². The molecule has 0 spiro atoms. The van der Waals surface area contributed by atoms with E-state index in [4.69, 9.17) is 19.9 Å². The molecule has 0 atom stereocenters. The first-order valence-electron chi connectivity index (χ1n) is 17.1. The van der Waals surface area contributed by atoms with E-state index in [1.165, 1.54) is 5.39 Å². The molecule has 0 aliphatic rings. The molecule has 9 aromatic rings. The third kappa shape index (κ3) is 6.32. The van der Waals surface area contributed by atoms with E-state index in [-0.39, 0.29) is 0 Å². The molecule has 0 aliphatic carbocycles. The summed E-state index contributed by atoms with van der Waals surface area (Å²) in [5, 5.41) is 2.32. The van der Waals surface area contributed by atoms with E-state index >= 15 is 0 Å². The number of hydrogen-bond acceptors (Lipinski definition) is 6. The lowest BCUT2D eigenvalue weighted by Gasteiger charge is -2.11. The van der Waals surface area contributed by atoms with Crippen molar-refractivity contribution in [2.75, 3.05) is 0 Å². The van der Waals surface area contributed by atoms with Crippen LogP contribution >= 0.6 is 0 Å². The molecule has 6 heteroatoms. The lowest BCUT2D eigenvalue weighted by Crippen LogP contribution is -2.00. The summed E-state index contributed by atoms with van der Waals surface area (Å²) >= 11 is 0.